The normalized spacial score (nSPS) is 39.9. The highest BCUT2D eigenvalue weighted by atomic mass is 16.5. The van der Waals surface area contributed by atoms with Gasteiger partial charge in [-0.2, -0.15) is 0 Å². The minimum absolute atomic E-state index is 0.332. The van der Waals surface area contributed by atoms with Crippen molar-refractivity contribution in [1.82, 2.24) is 0 Å². The zero-order valence-corrected chi connectivity index (χ0v) is 21.5. The average Bonchev–Trinajstić information content (AvgIpc) is 3.09. The molecule has 0 N–H and O–H groups in total. The van der Waals surface area contributed by atoms with Gasteiger partial charge in [-0.3, -0.25) is 0 Å². The molecule has 2 fully saturated rings. The third-order valence-electron chi connectivity index (χ3n) is 10.3. The minimum Gasteiger partial charge on any atom is -0.378 e. The maximum atomic E-state index is 6.03. The second-order valence-corrected chi connectivity index (χ2v) is 12.2. The van der Waals surface area contributed by atoms with Gasteiger partial charge in [-0.15, -0.1) is 0 Å². The molecule has 4 rings (SSSR count). The standard InChI is InChI=1S/C30H48O/c1-8-31-24-15-17-29(6)23(19-24)11-12-25-27-14-13-26(30(27,7)18-16-28(25)29)22(5)10-9-21(4)20(2)3/h9-11,20-22,24,26-27H,8,12-19H2,1-7H3/b10-9+. The van der Waals surface area contributed by atoms with Gasteiger partial charge < -0.3 is 4.74 Å². The largest absolute Gasteiger partial charge is 0.378 e. The molecule has 0 bridgehead atoms. The molecule has 2 saturated carbocycles. The molecule has 0 aromatic heterocycles. The lowest BCUT2D eigenvalue weighted by Gasteiger charge is -2.52. The third kappa shape index (κ3) is 4.03. The van der Waals surface area contributed by atoms with Gasteiger partial charge >= 0.3 is 0 Å². The topological polar surface area (TPSA) is 9.23 Å². The van der Waals surface area contributed by atoms with Crippen molar-refractivity contribution in [3.8, 4) is 0 Å². The highest BCUT2D eigenvalue weighted by molar-refractivity contribution is 5.43. The molecule has 1 nitrogen and oxygen atoms in total. The molecule has 31 heavy (non-hydrogen) atoms. The zero-order valence-electron chi connectivity index (χ0n) is 21.5. The second kappa shape index (κ2) is 8.85. The zero-order chi connectivity index (χ0) is 22.4. The molecule has 1 heteroatoms. The van der Waals surface area contributed by atoms with Crippen molar-refractivity contribution in [2.24, 2.45) is 40.4 Å². The van der Waals surface area contributed by atoms with E-state index in [1.807, 2.05) is 11.1 Å². The Morgan fingerprint density at radius 2 is 1.84 bits per heavy atom. The number of hydrogen-bond acceptors (Lipinski definition) is 1. The van der Waals surface area contributed by atoms with Gasteiger partial charge in [-0.25, -0.2) is 0 Å². The smallest absolute Gasteiger partial charge is 0.0612 e. The number of ether oxygens (including phenoxy) is 1. The van der Waals surface area contributed by atoms with Gasteiger partial charge in [0, 0.05) is 12.0 Å². The Balaban J connectivity index is 1.54. The number of allylic oxidation sites excluding steroid dienone is 5. The highest BCUT2D eigenvalue weighted by Crippen LogP contribution is 2.64. The van der Waals surface area contributed by atoms with Crippen LogP contribution in [0.3, 0.4) is 0 Å². The van der Waals surface area contributed by atoms with E-state index in [-0.39, 0.29) is 0 Å². The first kappa shape index (κ1) is 23.3. The molecule has 0 aliphatic heterocycles. The van der Waals surface area contributed by atoms with Crippen LogP contribution in [0.25, 0.3) is 0 Å². The predicted octanol–water partition coefficient (Wildman–Crippen LogP) is 8.52. The number of hydrogen-bond donors (Lipinski definition) is 0. The van der Waals surface area contributed by atoms with E-state index >= 15 is 0 Å². The average molecular weight is 425 g/mol. The summed E-state index contributed by atoms with van der Waals surface area (Å²) >= 11 is 0. The molecule has 7 atom stereocenters. The third-order valence-corrected chi connectivity index (χ3v) is 10.3. The molecule has 174 valence electrons. The van der Waals surface area contributed by atoms with E-state index in [1.165, 1.54) is 51.4 Å². The summed E-state index contributed by atoms with van der Waals surface area (Å²) in [4.78, 5) is 0. The molecule has 0 heterocycles. The van der Waals surface area contributed by atoms with Crippen LogP contribution in [0, 0.1) is 40.4 Å². The Morgan fingerprint density at radius 3 is 2.55 bits per heavy atom. The van der Waals surface area contributed by atoms with Crippen molar-refractivity contribution in [2.45, 2.75) is 106 Å². The Kier molecular flexibility index (Phi) is 6.66. The fourth-order valence-electron chi connectivity index (χ4n) is 7.87. The summed E-state index contributed by atoms with van der Waals surface area (Å²) in [6.07, 6.45) is 18.7. The van der Waals surface area contributed by atoms with Crippen molar-refractivity contribution >= 4 is 0 Å². The van der Waals surface area contributed by atoms with Crippen molar-refractivity contribution < 1.29 is 4.74 Å². The van der Waals surface area contributed by atoms with Crippen LogP contribution in [0.2, 0.25) is 0 Å². The number of fused-ring (bicyclic) bond motifs is 4. The quantitative estimate of drug-likeness (QED) is 0.388. The molecule has 4 aliphatic rings. The van der Waals surface area contributed by atoms with E-state index in [0.717, 1.165) is 24.4 Å². The molecule has 0 aromatic carbocycles. The van der Waals surface area contributed by atoms with Crippen LogP contribution in [0.15, 0.2) is 34.9 Å². The molecular formula is C30H48O. The van der Waals surface area contributed by atoms with Crippen LogP contribution >= 0.6 is 0 Å². The van der Waals surface area contributed by atoms with E-state index in [2.05, 4.69) is 66.7 Å². The summed E-state index contributed by atoms with van der Waals surface area (Å²) < 4.78 is 6.03. The van der Waals surface area contributed by atoms with Crippen LogP contribution in [0.5, 0.6) is 0 Å². The maximum Gasteiger partial charge on any atom is 0.0612 e. The molecular weight excluding hydrogens is 376 g/mol. The molecule has 0 amide bonds. The molecule has 0 spiro atoms. The van der Waals surface area contributed by atoms with E-state index in [4.69, 9.17) is 4.74 Å². The Hall–Kier alpha value is -0.820. The molecule has 0 radical (unpaired) electrons. The minimum atomic E-state index is 0.332. The van der Waals surface area contributed by atoms with Gasteiger partial charge in [-0.05, 0) is 93.3 Å². The fourth-order valence-corrected chi connectivity index (χ4v) is 7.87. The lowest BCUT2D eigenvalue weighted by molar-refractivity contribution is 0.0314. The summed E-state index contributed by atoms with van der Waals surface area (Å²) in [5, 5.41) is 0. The van der Waals surface area contributed by atoms with Gasteiger partial charge in [0.05, 0.1) is 6.10 Å². The van der Waals surface area contributed by atoms with Crippen molar-refractivity contribution in [1.29, 1.82) is 0 Å². The van der Waals surface area contributed by atoms with Crippen LogP contribution in [-0.2, 0) is 4.74 Å². The first-order valence-corrected chi connectivity index (χ1v) is 13.4. The predicted molar refractivity (Wildman–Crippen MR) is 133 cm³/mol. The molecule has 0 aromatic rings. The van der Waals surface area contributed by atoms with Gasteiger partial charge in [0.2, 0.25) is 0 Å². The fraction of sp³-hybridized carbons (Fsp3) is 0.800. The van der Waals surface area contributed by atoms with E-state index in [0.29, 0.717) is 28.8 Å². The Morgan fingerprint density at radius 1 is 1.06 bits per heavy atom. The van der Waals surface area contributed by atoms with Crippen LogP contribution in [0.4, 0.5) is 0 Å². The molecule has 7 unspecified atom stereocenters. The summed E-state index contributed by atoms with van der Waals surface area (Å²) in [6, 6.07) is 0. The lowest BCUT2D eigenvalue weighted by Crippen LogP contribution is -2.42. The van der Waals surface area contributed by atoms with E-state index in [9.17, 15) is 0 Å². The van der Waals surface area contributed by atoms with Crippen LogP contribution < -0.4 is 0 Å². The monoisotopic (exact) mass is 424 g/mol. The second-order valence-electron chi connectivity index (χ2n) is 12.2. The SMILES string of the molecule is CCOC1CCC2(C)C(=CCC3=C2CCC2(C)C3CCC2C(C)/C=C/C(C)C(C)C)C1. The molecule has 0 saturated heterocycles. The summed E-state index contributed by atoms with van der Waals surface area (Å²) in [5.74, 6) is 3.78. The maximum absolute atomic E-state index is 6.03. The van der Waals surface area contributed by atoms with Gasteiger partial charge in [0.1, 0.15) is 0 Å². The summed E-state index contributed by atoms with van der Waals surface area (Å²) in [7, 11) is 0. The first-order valence-electron chi connectivity index (χ1n) is 13.4. The van der Waals surface area contributed by atoms with E-state index < -0.39 is 0 Å². The first-order chi connectivity index (χ1) is 14.7. The number of rotatable bonds is 6. The van der Waals surface area contributed by atoms with Gasteiger partial charge in [0.15, 0.2) is 0 Å². The van der Waals surface area contributed by atoms with Crippen LogP contribution in [-0.4, -0.2) is 12.7 Å². The van der Waals surface area contributed by atoms with Crippen molar-refractivity contribution in [3.05, 3.63) is 34.9 Å². The Bertz CT molecular complexity index is 754. The molecule has 4 aliphatic carbocycles. The van der Waals surface area contributed by atoms with Crippen molar-refractivity contribution in [2.75, 3.05) is 6.61 Å². The van der Waals surface area contributed by atoms with Crippen LogP contribution in [0.1, 0.15) is 99.8 Å². The van der Waals surface area contributed by atoms with Crippen molar-refractivity contribution in [3.63, 3.8) is 0 Å². The Labute approximate surface area is 192 Å². The van der Waals surface area contributed by atoms with Gasteiger partial charge in [-0.1, -0.05) is 76.5 Å². The van der Waals surface area contributed by atoms with Gasteiger partial charge in [0.25, 0.3) is 0 Å². The lowest BCUT2D eigenvalue weighted by atomic mass is 9.53. The summed E-state index contributed by atoms with van der Waals surface area (Å²) in [5.41, 5.74) is 6.25. The van der Waals surface area contributed by atoms with E-state index in [1.54, 1.807) is 5.57 Å². The highest BCUT2D eigenvalue weighted by Gasteiger charge is 2.54. The summed E-state index contributed by atoms with van der Waals surface area (Å²) in [6.45, 7) is 17.8.